The fourth-order valence-electron chi connectivity index (χ4n) is 2.08. The molecule has 134 valence electrons. The van der Waals surface area contributed by atoms with Crippen LogP contribution in [0.3, 0.4) is 0 Å². The van der Waals surface area contributed by atoms with Crippen LogP contribution in [0.15, 0.2) is 59.5 Å². The molecule has 0 unspecified atom stereocenters. The normalized spacial score (nSPS) is 10.0. The maximum Gasteiger partial charge on any atom is 0.307 e. The monoisotopic (exact) mass is 388 g/mol. The van der Waals surface area contributed by atoms with Crippen LogP contribution in [0.5, 0.6) is 0 Å². The van der Waals surface area contributed by atoms with E-state index in [0.717, 1.165) is 4.90 Å². The van der Waals surface area contributed by atoms with Gasteiger partial charge in [-0.25, -0.2) is 0 Å². The number of rotatable bonds is 8. The highest BCUT2D eigenvalue weighted by molar-refractivity contribution is 7.99. The van der Waals surface area contributed by atoms with Crippen LogP contribution in [0.1, 0.15) is 6.42 Å². The molecule has 2 aromatic carbocycles. The lowest BCUT2D eigenvalue weighted by molar-refractivity contribution is -0.147. The third-order valence-electron chi connectivity index (χ3n) is 3.34. The molecule has 1 amide bonds. The van der Waals surface area contributed by atoms with Crippen molar-refractivity contribution in [3.05, 3.63) is 59.6 Å². The minimum atomic E-state index is -0.454. The second-order valence-corrected chi connectivity index (χ2v) is 6.79. The van der Waals surface area contributed by atoms with Crippen molar-refractivity contribution in [2.75, 3.05) is 23.8 Å². The predicted molar refractivity (Wildman–Crippen MR) is 102 cm³/mol. The molecule has 7 heteroatoms. The molecule has 26 heavy (non-hydrogen) atoms. The number of thioether (sulfide) groups is 1. The molecule has 0 aliphatic rings. The number of anilines is 1. The van der Waals surface area contributed by atoms with Gasteiger partial charge in [-0.1, -0.05) is 29.8 Å². The highest BCUT2D eigenvalue weighted by Crippen LogP contribution is 2.21. The van der Waals surface area contributed by atoms with E-state index >= 15 is 0 Å². The van der Waals surface area contributed by atoms with E-state index in [2.05, 4.69) is 0 Å². The van der Waals surface area contributed by atoms with Gasteiger partial charge in [0, 0.05) is 21.4 Å². The van der Waals surface area contributed by atoms with E-state index in [-0.39, 0.29) is 19.6 Å². The molecule has 0 spiro atoms. The molecule has 0 aliphatic carbocycles. The van der Waals surface area contributed by atoms with E-state index in [1.165, 1.54) is 16.7 Å². The number of carbonyl (C=O) groups excluding carboxylic acids is 2. The first-order valence-corrected chi connectivity index (χ1v) is 9.23. The van der Waals surface area contributed by atoms with Gasteiger partial charge in [-0.05, 0) is 36.4 Å². The molecule has 0 heterocycles. The summed E-state index contributed by atoms with van der Waals surface area (Å²) in [4.78, 5) is 26.4. The van der Waals surface area contributed by atoms with E-state index in [1.807, 2.05) is 24.3 Å². The molecule has 0 aliphatic heterocycles. The van der Waals surface area contributed by atoms with Gasteiger partial charge >= 0.3 is 5.97 Å². The van der Waals surface area contributed by atoms with Gasteiger partial charge in [-0.15, -0.1) is 11.8 Å². The molecule has 0 bridgehead atoms. The molecule has 0 aromatic heterocycles. The summed E-state index contributed by atoms with van der Waals surface area (Å²) in [5.74, 6) is -0.351. The number of benzene rings is 2. The molecule has 0 fully saturated rings. The quantitative estimate of drug-likeness (QED) is 0.389. The fraction of sp³-hybridized carbons (Fsp3) is 0.211. The summed E-state index contributed by atoms with van der Waals surface area (Å²) in [5.41, 5.74) is 0.591. The van der Waals surface area contributed by atoms with Gasteiger partial charge in [0.05, 0.1) is 12.5 Å². The third-order valence-corrected chi connectivity index (χ3v) is 4.61. The molecule has 2 rings (SSSR count). The van der Waals surface area contributed by atoms with Crippen molar-refractivity contribution in [3.63, 3.8) is 0 Å². The van der Waals surface area contributed by atoms with Crippen molar-refractivity contribution >= 4 is 40.9 Å². The zero-order valence-corrected chi connectivity index (χ0v) is 15.5. The Morgan fingerprint density at radius 3 is 2.46 bits per heavy atom. The second kappa shape index (κ2) is 10.5. The SMILES string of the molecule is N#CCN(C(=O)COC(=O)CCSc1ccc(Cl)cc1)c1ccccc1. The summed E-state index contributed by atoms with van der Waals surface area (Å²) in [5, 5.41) is 9.56. The summed E-state index contributed by atoms with van der Waals surface area (Å²) in [6.45, 7) is -0.492. The van der Waals surface area contributed by atoms with Crippen molar-refractivity contribution < 1.29 is 14.3 Å². The average molecular weight is 389 g/mol. The van der Waals surface area contributed by atoms with Gasteiger partial charge in [-0.2, -0.15) is 5.26 Å². The van der Waals surface area contributed by atoms with Crippen molar-refractivity contribution in [1.82, 2.24) is 0 Å². The zero-order chi connectivity index (χ0) is 18.8. The molecule has 0 saturated carbocycles. The van der Waals surface area contributed by atoms with Crippen molar-refractivity contribution in [3.8, 4) is 6.07 Å². The Bertz CT molecular complexity index is 776. The number of halogens is 1. The Labute approximate surface area is 161 Å². The number of hydrogen-bond donors (Lipinski definition) is 0. The van der Waals surface area contributed by atoms with E-state index < -0.39 is 11.9 Å². The second-order valence-electron chi connectivity index (χ2n) is 5.19. The standard InChI is InChI=1S/C19H17ClN2O3S/c20-15-6-8-17(9-7-15)26-13-10-19(24)25-14-18(23)22(12-11-21)16-4-2-1-3-5-16/h1-9H,10,12-14H2. The third kappa shape index (κ3) is 6.43. The highest BCUT2D eigenvalue weighted by atomic mass is 35.5. The summed E-state index contributed by atoms with van der Waals surface area (Å²) in [7, 11) is 0. The summed E-state index contributed by atoms with van der Waals surface area (Å²) in [6, 6.07) is 18.1. The number of esters is 1. The maximum absolute atomic E-state index is 12.2. The Morgan fingerprint density at radius 2 is 1.81 bits per heavy atom. The number of nitriles is 1. The van der Waals surface area contributed by atoms with Gasteiger partial charge in [0.2, 0.25) is 0 Å². The van der Waals surface area contributed by atoms with Crippen LogP contribution in [0, 0.1) is 11.3 Å². The van der Waals surface area contributed by atoms with E-state index in [4.69, 9.17) is 21.6 Å². The van der Waals surface area contributed by atoms with Crippen LogP contribution < -0.4 is 4.90 Å². The number of hydrogen-bond acceptors (Lipinski definition) is 5. The fourth-order valence-corrected chi connectivity index (χ4v) is 3.04. The van der Waals surface area contributed by atoms with Crippen LogP contribution in [0.4, 0.5) is 5.69 Å². The maximum atomic E-state index is 12.2. The number of para-hydroxylation sites is 1. The predicted octanol–water partition coefficient (Wildman–Crippen LogP) is 3.92. The number of ether oxygens (including phenoxy) is 1. The molecule has 5 nitrogen and oxygen atoms in total. The van der Waals surface area contributed by atoms with Gasteiger partial charge in [0.25, 0.3) is 5.91 Å². The lowest BCUT2D eigenvalue weighted by Crippen LogP contribution is -2.35. The van der Waals surface area contributed by atoms with Crippen LogP contribution in [-0.2, 0) is 14.3 Å². The molecular formula is C19H17ClN2O3S. The molecule has 0 radical (unpaired) electrons. The molecule has 0 atom stereocenters. The molecule has 0 saturated heterocycles. The largest absolute Gasteiger partial charge is 0.456 e. The first kappa shape index (κ1) is 19.8. The molecular weight excluding hydrogens is 372 g/mol. The molecule has 2 aromatic rings. The van der Waals surface area contributed by atoms with Crippen molar-refractivity contribution in [2.24, 2.45) is 0 Å². The number of amides is 1. The highest BCUT2D eigenvalue weighted by Gasteiger charge is 2.17. The molecule has 0 N–H and O–H groups in total. The number of nitrogens with zero attached hydrogens (tertiary/aromatic N) is 2. The van der Waals surface area contributed by atoms with Crippen LogP contribution in [-0.4, -0.2) is 30.8 Å². The Balaban J connectivity index is 1.77. The first-order chi connectivity index (χ1) is 12.6. The summed E-state index contributed by atoms with van der Waals surface area (Å²) < 4.78 is 5.04. The van der Waals surface area contributed by atoms with E-state index in [9.17, 15) is 9.59 Å². The summed E-state index contributed by atoms with van der Waals surface area (Å²) >= 11 is 7.33. The minimum absolute atomic E-state index is 0.104. The lowest BCUT2D eigenvalue weighted by atomic mass is 10.3. The van der Waals surface area contributed by atoms with Gasteiger partial charge < -0.3 is 4.74 Å². The van der Waals surface area contributed by atoms with E-state index in [0.29, 0.717) is 16.5 Å². The van der Waals surface area contributed by atoms with E-state index in [1.54, 1.807) is 36.4 Å². The minimum Gasteiger partial charge on any atom is -0.456 e. The Hall–Kier alpha value is -2.49. The zero-order valence-electron chi connectivity index (χ0n) is 13.9. The van der Waals surface area contributed by atoms with Crippen LogP contribution in [0.25, 0.3) is 0 Å². The van der Waals surface area contributed by atoms with Crippen LogP contribution >= 0.6 is 23.4 Å². The first-order valence-electron chi connectivity index (χ1n) is 7.86. The number of carbonyl (C=O) groups is 2. The van der Waals surface area contributed by atoms with Crippen molar-refractivity contribution in [2.45, 2.75) is 11.3 Å². The average Bonchev–Trinajstić information content (AvgIpc) is 2.66. The topological polar surface area (TPSA) is 70.4 Å². The van der Waals surface area contributed by atoms with Gasteiger partial charge in [0.15, 0.2) is 6.61 Å². The Kier molecular flexibility index (Phi) is 8.00. The van der Waals surface area contributed by atoms with Crippen molar-refractivity contribution in [1.29, 1.82) is 5.26 Å². The van der Waals surface area contributed by atoms with Gasteiger partial charge in [-0.3, -0.25) is 14.5 Å². The smallest absolute Gasteiger partial charge is 0.307 e. The van der Waals surface area contributed by atoms with Crippen LogP contribution in [0.2, 0.25) is 5.02 Å². The summed E-state index contributed by atoms with van der Waals surface area (Å²) in [6.07, 6.45) is 0.185. The van der Waals surface area contributed by atoms with Gasteiger partial charge in [0.1, 0.15) is 6.54 Å². The lowest BCUT2D eigenvalue weighted by Gasteiger charge is -2.19. The Morgan fingerprint density at radius 1 is 1.12 bits per heavy atom.